The molecule has 2 aromatic carbocycles. The number of benzene rings is 2. The molecule has 5 nitrogen and oxygen atoms in total. The molecule has 0 aliphatic carbocycles. The number of likely N-dealkylation sites (tertiary alicyclic amines) is 1. The number of amides is 2. The van der Waals surface area contributed by atoms with Gasteiger partial charge in [-0.3, -0.25) is 9.59 Å². The van der Waals surface area contributed by atoms with Crippen LogP contribution in [0.2, 0.25) is 15.1 Å². The molecular weight excluding hydrogens is 447 g/mol. The van der Waals surface area contributed by atoms with Crippen LogP contribution >= 0.6 is 34.8 Å². The fourth-order valence-electron chi connectivity index (χ4n) is 3.87. The molecule has 1 aliphatic rings. The van der Waals surface area contributed by atoms with Crippen LogP contribution in [0, 0.1) is 12.3 Å². The van der Waals surface area contributed by atoms with Gasteiger partial charge in [0.15, 0.2) is 0 Å². The minimum absolute atomic E-state index is 0.111. The molecular formula is C22H23Cl3N2O3. The van der Waals surface area contributed by atoms with Gasteiger partial charge in [0.2, 0.25) is 5.91 Å². The van der Waals surface area contributed by atoms with E-state index >= 15 is 0 Å². The minimum atomic E-state index is -0.596. The van der Waals surface area contributed by atoms with Crippen LogP contribution in [-0.2, 0) is 4.79 Å². The Balaban J connectivity index is 1.82. The highest BCUT2D eigenvalue weighted by Gasteiger charge is 2.40. The molecule has 2 amide bonds. The largest absolute Gasteiger partial charge is 0.493 e. The van der Waals surface area contributed by atoms with E-state index in [1.165, 1.54) is 0 Å². The van der Waals surface area contributed by atoms with E-state index < -0.39 is 11.3 Å². The van der Waals surface area contributed by atoms with Gasteiger partial charge >= 0.3 is 0 Å². The summed E-state index contributed by atoms with van der Waals surface area (Å²) in [6, 6.07) is 10.3. The van der Waals surface area contributed by atoms with Crippen molar-refractivity contribution in [2.45, 2.75) is 26.2 Å². The second-order valence-electron chi connectivity index (χ2n) is 7.77. The second-order valence-corrected chi connectivity index (χ2v) is 8.99. The topological polar surface area (TPSA) is 72.6 Å². The van der Waals surface area contributed by atoms with Crippen molar-refractivity contribution in [1.82, 2.24) is 4.90 Å². The van der Waals surface area contributed by atoms with E-state index in [-0.39, 0.29) is 24.5 Å². The smallest absolute Gasteiger partial charge is 0.256 e. The summed E-state index contributed by atoms with van der Waals surface area (Å²) in [4.78, 5) is 26.7. The van der Waals surface area contributed by atoms with Crippen molar-refractivity contribution in [2.24, 2.45) is 11.1 Å². The van der Waals surface area contributed by atoms with Gasteiger partial charge in [-0.05, 0) is 55.7 Å². The van der Waals surface area contributed by atoms with Crippen LogP contribution in [0.5, 0.6) is 5.75 Å². The molecule has 2 N–H and O–H groups in total. The van der Waals surface area contributed by atoms with Crippen molar-refractivity contribution < 1.29 is 14.3 Å². The maximum Gasteiger partial charge on any atom is 0.256 e. The molecule has 1 atom stereocenters. The first kappa shape index (κ1) is 22.7. The average molecular weight is 470 g/mol. The van der Waals surface area contributed by atoms with Gasteiger partial charge in [0.05, 0.1) is 22.2 Å². The molecule has 160 valence electrons. The third-order valence-electron chi connectivity index (χ3n) is 5.35. The monoisotopic (exact) mass is 468 g/mol. The lowest BCUT2D eigenvalue weighted by atomic mass is 9.77. The molecule has 3 rings (SSSR count). The molecule has 0 aromatic heterocycles. The third kappa shape index (κ3) is 5.20. The number of nitrogens with zero attached hydrogens (tertiary/aromatic N) is 1. The minimum Gasteiger partial charge on any atom is -0.493 e. The van der Waals surface area contributed by atoms with Crippen molar-refractivity contribution in [3.8, 4) is 5.75 Å². The summed E-state index contributed by atoms with van der Waals surface area (Å²) in [6.07, 6.45) is 1.53. The quantitative estimate of drug-likeness (QED) is 0.637. The fourth-order valence-corrected chi connectivity index (χ4v) is 4.54. The molecule has 1 heterocycles. The van der Waals surface area contributed by atoms with Gasteiger partial charge in [-0.2, -0.15) is 0 Å². The van der Waals surface area contributed by atoms with Crippen molar-refractivity contribution in [3.63, 3.8) is 0 Å². The maximum absolute atomic E-state index is 13.2. The number of nitrogens with two attached hydrogens (primary N) is 1. The fraction of sp³-hybridized carbons (Fsp3) is 0.364. The van der Waals surface area contributed by atoms with E-state index in [0.717, 1.165) is 5.56 Å². The summed E-state index contributed by atoms with van der Waals surface area (Å²) in [5.41, 5.74) is 6.11. The highest BCUT2D eigenvalue weighted by molar-refractivity contribution is 6.39. The van der Waals surface area contributed by atoms with Crippen molar-refractivity contribution in [2.75, 3.05) is 19.7 Å². The van der Waals surface area contributed by atoms with Gasteiger partial charge in [-0.15, -0.1) is 0 Å². The summed E-state index contributed by atoms with van der Waals surface area (Å²) >= 11 is 18.5. The van der Waals surface area contributed by atoms with Gasteiger partial charge in [0.25, 0.3) is 5.91 Å². The molecule has 0 saturated carbocycles. The number of piperidine rings is 1. The van der Waals surface area contributed by atoms with Crippen LogP contribution in [-0.4, -0.2) is 36.4 Å². The number of halogens is 3. The average Bonchev–Trinajstić information content (AvgIpc) is 2.68. The Labute approximate surface area is 191 Å². The summed E-state index contributed by atoms with van der Waals surface area (Å²) in [6.45, 7) is 3.00. The van der Waals surface area contributed by atoms with Crippen LogP contribution < -0.4 is 10.5 Å². The summed E-state index contributed by atoms with van der Waals surface area (Å²) < 4.78 is 6.01. The van der Waals surface area contributed by atoms with Crippen molar-refractivity contribution in [1.29, 1.82) is 0 Å². The summed E-state index contributed by atoms with van der Waals surface area (Å²) in [5, 5.41) is 1.25. The predicted molar refractivity (Wildman–Crippen MR) is 120 cm³/mol. The zero-order valence-corrected chi connectivity index (χ0v) is 18.9. The van der Waals surface area contributed by atoms with E-state index in [9.17, 15) is 9.59 Å². The number of aryl methyl sites for hydroxylation is 1. The zero-order chi connectivity index (χ0) is 21.9. The Bertz CT molecular complexity index is 946. The van der Waals surface area contributed by atoms with Crippen LogP contribution in [0.4, 0.5) is 0 Å². The first-order valence-corrected chi connectivity index (χ1v) is 10.7. The van der Waals surface area contributed by atoms with E-state index in [2.05, 4.69) is 0 Å². The first-order valence-electron chi connectivity index (χ1n) is 9.61. The first-order chi connectivity index (χ1) is 14.2. The van der Waals surface area contributed by atoms with Gasteiger partial charge < -0.3 is 15.4 Å². The molecule has 8 heteroatoms. The van der Waals surface area contributed by atoms with Gasteiger partial charge in [-0.25, -0.2) is 0 Å². The number of rotatable bonds is 6. The van der Waals surface area contributed by atoms with E-state index in [0.29, 0.717) is 46.7 Å². The maximum atomic E-state index is 13.2. The van der Waals surface area contributed by atoms with Crippen LogP contribution in [0.15, 0.2) is 36.4 Å². The Morgan fingerprint density at radius 2 is 1.83 bits per heavy atom. The van der Waals surface area contributed by atoms with Crippen LogP contribution in [0.1, 0.15) is 35.2 Å². The Morgan fingerprint density at radius 1 is 1.13 bits per heavy atom. The number of primary amides is 1. The Morgan fingerprint density at radius 3 is 2.47 bits per heavy atom. The standard InChI is InChI=1S/C22H23Cl3N2O3/c1-14-10-15(6-7-16(14)23)30-13-22(11-19(26)28)8-3-9-27(12-22)21(29)20-17(24)4-2-5-18(20)25/h2,4-7,10H,3,8-9,11-13H2,1H3,(H2,26,28). The molecule has 0 spiro atoms. The number of carbonyl (C=O) groups is 2. The van der Waals surface area contributed by atoms with Crippen molar-refractivity contribution in [3.05, 3.63) is 62.6 Å². The Kier molecular flexibility index (Phi) is 7.17. The molecule has 1 aliphatic heterocycles. The van der Waals surface area contributed by atoms with Crippen molar-refractivity contribution >= 4 is 46.6 Å². The second kappa shape index (κ2) is 9.46. The Hall–Kier alpha value is -1.95. The lowest BCUT2D eigenvalue weighted by Gasteiger charge is -2.42. The number of ether oxygens (including phenoxy) is 1. The highest BCUT2D eigenvalue weighted by atomic mass is 35.5. The van der Waals surface area contributed by atoms with E-state index in [1.54, 1.807) is 35.2 Å². The van der Waals surface area contributed by atoms with Crippen LogP contribution in [0.25, 0.3) is 0 Å². The zero-order valence-electron chi connectivity index (χ0n) is 16.6. The number of carbonyl (C=O) groups excluding carboxylic acids is 2. The van der Waals surface area contributed by atoms with Gasteiger partial charge in [-0.1, -0.05) is 40.9 Å². The van der Waals surface area contributed by atoms with E-state index in [4.69, 9.17) is 45.3 Å². The molecule has 1 saturated heterocycles. The number of hydrogen-bond acceptors (Lipinski definition) is 3. The lowest BCUT2D eigenvalue weighted by molar-refractivity contribution is -0.122. The number of hydrogen-bond donors (Lipinski definition) is 1. The van der Waals surface area contributed by atoms with Gasteiger partial charge in [0, 0.05) is 29.9 Å². The molecule has 1 unspecified atom stereocenters. The summed E-state index contributed by atoms with van der Waals surface area (Å²) in [5.74, 6) is -0.0456. The highest BCUT2D eigenvalue weighted by Crippen LogP contribution is 2.36. The SMILES string of the molecule is Cc1cc(OCC2(CC(N)=O)CCCN(C(=O)c3c(Cl)cccc3Cl)C2)ccc1Cl. The molecule has 30 heavy (non-hydrogen) atoms. The van der Waals surface area contributed by atoms with Gasteiger partial charge in [0.1, 0.15) is 5.75 Å². The van der Waals surface area contributed by atoms with E-state index in [1.807, 2.05) is 13.0 Å². The third-order valence-corrected chi connectivity index (χ3v) is 6.40. The molecule has 0 bridgehead atoms. The van der Waals surface area contributed by atoms with Crippen LogP contribution in [0.3, 0.4) is 0 Å². The summed E-state index contributed by atoms with van der Waals surface area (Å²) in [7, 11) is 0. The molecule has 0 radical (unpaired) electrons. The molecule has 1 fully saturated rings. The normalized spacial score (nSPS) is 18.9. The lowest BCUT2D eigenvalue weighted by Crippen LogP contribution is -2.50. The predicted octanol–water partition coefficient (Wildman–Crippen LogP) is 5.13. The molecule has 2 aromatic rings.